The van der Waals surface area contributed by atoms with Gasteiger partial charge in [-0.3, -0.25) is 19.7 Å². The first-order valence-corrected chi connectivity index (χ1v) is 8.02. The van der Waals surface area contributed by atoms with Crippen LogP contribution in [0.15, 0.2) is 18.2 Å². The molecule has 0 fully saturated rings. The molecule has 0 aromatic heterocycles. The maximum atomic E-state index is 12.4. The smallest absolute Gasteiger partial charge is 0.282 e. The zero-order valence-electron chi connectivity index (χ0n) is 14.9. The van der Waals surface area contributed by atoms with Crippen molar-refractivity contribution < 1.29 is 24.1 Å². The Morgan fingerprint density at radius 3 is 2.64 bits per heavy atom. The van der Waals surface area contributed by atoms with Gasteiger partial charge in [-0.2, -0.15) is 0 Å². The highest BCUT2D eigenvalue weighted by Gasteiger charge is 2.25. The molecule has 0 aliphatic rings. The SMILES string of the molecule is CCCNC(=O)C[NH+](C)[C@@H](C)C(=O)Nc1ccc([N+](=O)[O-])cc1OC. The quantitative estimate of drug-likeness (QED) is 0.426. The average Bonchev–Trinajstić information content (AvgIpc) is 2.59. The Balaban J connectivity index is 2.74. The Morgan fingerprint density at radius 1 is 1.40 bits per heavy atom. The zero-order chi connectivity index (χ0) is 19.0. The molecule has 25 heavy (non-hydrogen) atoms. The number of hydrogen-bond donors (Lipinski definition) is 3. The fraction of sp³-hybridized carbons (Fsp3) is 0.500. The number of nitrogens with zero attached hydrogens (tertiary/aromatic N) is 1. The third-order valence-electron chi connectivity index (χ3n) is 3.80. The first-order chi connectivity index (χ1) is 11.8. The van der Waals surface area contributed by atoms with Gasteiger partial charge in [0, 0.05) is 12.6 Å². The van der Waals surface area contributed by atoms with Crippen molar-refractivity contribution in [1.29, 1.82) is 0 Å². The summed E-state index contributed by atoms with van der Waals surface area (Å²) in [4.78, 5) is 35.1. The fourth-order valence-electron chi connectivity index (χ4n) is 2.09. The van der Waals surface area contributed by atoms with Crippen LogP contribution in [0.1, 0.15) is 20.3 Å². The summed E-state index contributed by atoms with van der Waals surface area (Å²) < 4.78 is 5.10. The fourth-order valence-corrected chi connectivity index (χ4v) is 2.09. The lowest BCUT2D eigenvalue weighted by Crippen LogP contribution is -3.15. The second-order valence-electron chi connectivity index (χ2n) is 5.73. The molecule has 0 saturated heterocycles. The summed E-state index contributed by atoms with van der Waals surface area (Å²) in [6, 6.07) is 3.46. The van der Waals surface area contributed by atoms with E-state index in [1.165, 1.54) is 25.3 Å². The lowest BCUT2D eigenvalue weighted by molar-refractivity contribution is -0.885. The van der Waals surface area contributed by atoms with Crippen molar-refractivity contribution in [3.05, 3.63) is 28.3 Å². The van der Waals surface area contributed by atoms with E-state index in [9.17, 15) is 19.7 Å². The van der Waals surface area contributed by atoms with Crippen molar-refractivity contribution in [2.45, 2.75) is 26.3 Å². The van der Waals surface area contributed by atoms with Crippen molar-refractivity contribution in [3.8, 4) is 5.75 Å². The number of hydrogen-bond acceptors (Lipinski definition) is 5. The van der Waals surface area contributed by atoms with E-state index >= 15 is 0 Å². The number of quaternary nitrogens is 1. The minimum atomic E-state index is -0.538. The number of carbonyl (C=O) groups excluding carboxylic acids is 2. The van der Waals surface area contributed by atoms with Gasteiger partial charge < -0.3 is 20.3 Å². The maximum Gasteiger partial charge on any atom is 0.282 e. The second kappa shape index (κ2) is 9.58. The molecule has 0 saturated carbocycles. The van der Waals surface area contributed by atoms with E-state index in [-0.39, 0.29) is 29.8 Å². The number of nitro benzene ring substituents is 1. The number of amides is 2. The highest BCUT2D eigenvalue weighted by Crippen LogP contribution is 2.28. The van der Waals surface area contributed by atoms with E-state index in [4.69, 9.17) is 4.74 Å². The number of benzene rings is 1. The summed E-state index contributed by atoms with van der Waals surface area (Å²) in [6.07, 6.45) is 0.848. The maximum absolute atomic E-state index is 12.4. The molecule has 1 aromatic carbocycles. The summed E-state index contributed by atoms with van der Waals surface area (Å²) in [5.74, 6) is -0.229. The molecular formula is C16H25N4O5+. The molecule has 1 rings (SSSR count). The first-order valence-electron chi connectivity index (χ1n) is 8.02. The molecule has 9 heteroatoms. The largest absolute Gasteiger partial charge is 0.494 e. The van der Waals surface area contributed by atoms with Crippen LogP contribution in [-0.2, 0) is 9.59 Å². The number of ether oxygens (including phenoxy) is 1. The van der Waals surface area contributed by atoms with Crippen LogP contribution in [0.3, 0.4) is 0 Å². The number of non-ortho nitro benzene ring substituents is 1. The van der Waals surface area contributed by atoms with Crippen LogP contribution in [0, 0.1) is 10.1 Å². The van der Waals surface area contributed by atoms with Gasteiger partial charge in [-0.05, 0) is 19.4 Å². The summed E-state index contributed by atoms with van der Waals surface area (Å²) >= 11 is 0. The van der Waals surface area contributed by atoms with E-state index in [0.717, 1.165) is 11.3 Å². The lowest BCUT2D eigenvalue weighted by atomic mass is 10.2. The Labute approximate surface area is 146 Å². The summed E-state index contributed by atoms with van der Waals surface area (Å²) in [7, 11) is 3.12. The Hall–Kier alpha value is -2.68. The van der Waals surface area contributed by atoms with Crippen LogP contribution in [0.2, 0.25) is 0 Å². The van der Waals surface area contributed by atoms with Crippen molar-refractivity contribution in [2.75, 3.05) is 32.6 Å². The topological polar surface area (TPSA) is 115 Å². The Kier molecular flexibility index (Phi) is 7.80. The third kappa shape index (κ3) is 6.03. The van der Waals surface area contributed by atoms with Gasteiger partial charge in [-0.15, -0.1) is 0 Å². The standard InChI is InChI=1S/C16H24N4O5/c1-5-8-17-15(21)10-19(3)11(2)16(22)18-13-7-6-12(20(23)24)9-14(13)25-4/h6-7,9,11H,5,8,10H2,1-4H3,(H,17,21)(H,18,22)/p+1/t11-/m0/s1. The van der Waals surface area contributed by atoms with Gasteiger partial charge in [-0.1, -0.05) is 6.92 Å². The lowest BCUT2D eigenvalue weighted by Gasteiger charge is -2.21. The van der Waals surface area contributed by atoms with E-state index < -0.39 is 11.0 Å². The van der Waals surface area contributed by atoms with Crippen molar-refractivity contribution in [2.24, 2.45) is 0 Å². The molecule has 2 amide bonds. The van der Waals surface area contributed by atoms with Crippen LogP contribution in [0.5, 0.6) is 5.75 Å². The monoisotopic (exact) mass is 353 g/mol. The normalized spacial score (nSPS) is 12.8. The summed E-state index contributed by atoms with van der Waals surface area (Å²) in [5, 5.41) is 16.3. The van der Waals surface area contributed by atoms with Crippen LogP contribution >= 0.6 is 0 Å². The minimum Gasteiger partial charge on any atom is -0.494 e. The van der Waals surface area contributed by atoms with Gasteiger partial charge in [0.1, 0.15) is 5.75 Å². The molecule has 0 heterocycles. The van der Waals surface area contributed by atoms with Crippen LogP contribution in [0.25, 0.3) is 0 Å². The molecule has 138 valence electrons. The van der Waals surface area contributed by atoms with Gasteiger partial charge in [0.15, 0.2) is 12.6 Å². The number of nitrogens with one attached hydrogen (secondary N) is 3. The number of carbonyl (C=O) groups is 2. The Bertz CT molecular complexity index is 635. The van der Waals surface area contributed by atoms with Crippen molar-refractivity contribution in [3.63, 3.8) is 0 Å². The van der Waals surface area contributed by atoms with Gasteiger partial charge in [0.2, 0.25) is 0 Å². The summed E-state index contributed by atoms with van der Waals surface area (Å²) in [5.41, 5.74) is 0.214. The number of rotatable bonds is 9. The highest BCUT2D eigenvalue weighted by molar-refractivity contribution is 5.95. The first kappa shape index (κ1) is 20.4. The number of anilines is 1. The van der Waals surface area contributed by atoms with Gasteiger partial charge in [0.05, 0.1) is 30.8 Å². The number of methoxy groups -OCH3 is 1. The molecule has 3 N–H and O–H groups in total. The number of nitro groups is 1. The van der Waals surface area contributed by atoms with E-state index in [1.807, 2.05) is 6.92 Å². The van der Waals surface area contributed by atoms with Gasteiger partial charge >= 0.3 is 0 Å². The molecule has 0 radical (unpaired) electrons. The average molecular weight is 353 g/mol. The van der Waals surface area contributed by atoms with Gasteiger partial charge in [-0.25, -0.2) is 0 Å². The molecule has 0 spiro atoms. The second-order valence-corrected chi connectivity index (χ2v) is 5.73. The number of likely N-dealkylation sites (N-methyl/N-ethyl adjacent to an activating group) is 1. The van der Waals surface area contributed by atoms with E-state index in [2.05, 4.69) is 10.6 Å². The molecule has 1 unspecified atom stereocenters. The predicted molar refractivity (Wildman–Crippen MR) is 92.8 cm³/mol. The molecule has 2 atom stereocenters. The molecule has 1 aromatic rings. The molecule has 0 aliphatic heterocycles. The molecule has 9 nitrogen and oxygen atoms in total. The van der Waals surface area contributed by atoms with Gasteiger partial charge in [0.25, 0.3) is 17.5 Å². The van der Waals surface area contributed by atoms with Crippen molar-refractivity contribution >= 4 is 23.2 Å². The van der Waals surface area contributed by atoms with Crippen LogP contribution < -0.4 is 20.3 Å². The Morgan fingerprint density at radius 2 is 2.08 bits per heavy atom. The highest BCUT2D eigenvalue weighted by atomic mass is 16.6. The molecule has 0 aliphatic carbocycles. The van der Waals surface area contributed by atoms with E-state index in [0.29, 0.717) is 12.2 Å². The minimum absolute atomic E-state index is 0.119. The molecule has 0 bridgehead atoms. The van der Waals surface area contributed by atoms with Crippen molar-refractivity contribution in [1.82, 2.24) is 5.32 Å². The van der Waals surface area contributed by atoms with Crippen LogP contribution in [0.4, 0.5) is 11.4 Å². The van der Waals surface area contributed by atoms with E-state index in [1.54, 1.807) is 14.0 Å². The third-order valence-corrected chi connectivity index (χ3v) is 3.80. The van der Waals surface area contributed by atoms with Crippen LogP contribution in [-0.4, -0.2) is 50.0 Å². The molecular weight excluding hydrogens is 328 g/mol. The predicted octanol–water partition coefficient (Wildman–Crippen LogP) is -0.0287. The zero-order valence-corrected chi connectivity index (χ0v) is 14.9. The summed E-state index contributed by atoms with van der Waals surface area (Å²) in [6.45, 7) is 4.44.